The molecule has 0 saturated heterocycles. The number of azo groups is 1. The molecule has 0 bridgehead atoms. The molecule has 37 heavy (non-hydrogen) atoms. The van der Waals surface area contributed by atoms with Crippen LogP contribution in [0.15, 0.2) is 100 Å². The smallest absolute Gasteiger partial charge is 0.238 e. The lowest BCUT2D eigenvalue weighted by Crippen LogP contribution is -2.13. The van der Waals surface area contributed by atoms with E-state index in [4.69, 9.17) is 29.0 Å². The van der Waals surface area contributed by atoms with E-state index in [9.17, 15) is 13.5 Å². The Bertz CT molecular complexity index is 1820. The van der Waals surface area contributed by atoms with Crippen molar-refractivity contribution in [3.8, 4) is 5.88 Å². The summed E-state index contributed by atoms with van der Waals surface area (Å²) in [6.07, 6.45) is 0. The van der Waals surface area contributed by atoms with Gasteiger partial charge in [0.05, 0.1) is 17.0 Å². The molecule has 186 valence electrons. The van der Waals surface area contributed by atoms with Gasteiger partial charge in [0.2, 0.25) is 21.0 Å². The Morgan fingerprint density at radius 2 is 1.78 bits per heavy atom. The predicted octanol–water partition coefficient (Wildman–Crippen LogP) is 6.33. The standard InChI is InChI=1S/C26H20ClN5O3S2/c27-19-10-11-23-22(13-19)24(30-31-26(36)29-20-6-3-7-21(14-20)37(28,34)35)25(33)32(23)15-16-8-9-17-4-1-2-5-18(17)12-16/h1-14,33H,15H2,(H,29,36)(H2,28,34,35). The van der Waals surface area contributed by atoms with Gasteiger partial charge >= 0.3 is 0 Å². The maximum absolute atomic E-state index is 11.6. The normalized spacial score (nSPS) is 11.9. The molecule has 0 radical (unpaired) electrons. The number of aromatic hydroxyl groups is 1. The molecule has 1 heterocycles. The number of benzene rings is 4. The first kappa shape index (κ1) is 24.8. The first-order chi connectivity index (χ1) is 17.7. The Hall–Kier alpha value is -3.83. The fourth-order valence-corrected chi connectivity index (χ4v) is 4.96. The number of hydrogen-bond donors (Lipinski definition) is 3. The van der Waals surface area contributed by atoms with Crippen LogP contribution in [0.2, 0.25) is 5.02 Å². The highest BCUT2D eigenvalue weighted by Gasteiger charge is 2.18. The number of hydrogen-bond acceptors (Lipinski definition) is 5. The van der Waals surface area contributed by atoms with Gasteiger partial charge in [-0.1, -0.05) is 54.1 Å². The van der Waals surface area contributed by atoms with E-state index in [0.29, 0.717) is 22.6 Å². The summed E-state index contributed by atoms with van der Waals surface area (Å²) in [5, 5.41) is 30.6. The van der Waals surface area contributed by atoms with Gasteiger partial charge in [0.15, 0.2) is 5.69 Å². The molecular weight excluding hydrogens is 530 g/mol. The third-order valence-electron chi connectivity index (χ3n) is 5.78. The molecule has 0 aliphatic rings. The molecule has 0 amide bonds. The molecule has 0 spiro atoms. The van der Waals surface area contributed by atoms with Gasteiger partial charge in [0, 0.05) is 16.1 Å². The highest BCUT2D eigenvalue weighted by atomic mass is 35.5. The number of anilines is 1. The van der Waals surface area contributed by atoms with E-state index in [1.165, 1.54) is 18.2 Å². The summed E-state index contributed by atoms with van der Waals surface area (Å²) < 4.78 is 24.9. The van der Waals surface area contributed by atoms with Crippen molar-refractivity contribution in [1.29, 1.82) is 0 Å². The lowest BCUT2D eigenvalue weighted by molar-refractivity contribution is 0.429. The number of rotatable bonds is 5. The van der Waals surface area contributed by atoms with E-state index in [2.05, 4.69) is 21.6 Å². The van der Waals surface area contributed by atoms with Crippen LogP contribution in [0.25, 0.3) is 21.7 Å². The number of primary sulfonamides is 1. The lowest BCUT2D eigenvalue weighted by atomic mass is 10.1. The Labute approximate surface area is 223 Å². The maximum atomic E-state index is 11.6. The molecule has 1 aromatic heterocycles. The highest BCUT2D eigenvalue weighted by Crippen LogP contribution is 2.40. The van der Waals surface area contributed by atoms with Crippen LogP contribution in [0.3, 0.4) is 0 Å². The Balaban J connectivity index is 1.46. The van der Waals surface area contributed by atoms with Crippen molar-refractivity contribution in [2.24, 2.45) is 15.4 Å². The number of sulfonamides is 1. The summed E-state index contributed by atoms with van der Waals surface area (Å²) in [5.41, 5.74) is 2.31. The number of halogens is 1. The molecule has 4 aromatic carbocycles. The highest BCUT2D eigenvalue weighted by molar-refractivity contribution is 7.89. The van der Waals surface area contributed by atoms with Crippen LogP contribution in [-0.2, 0) is 16.6 Å². The SMILES string of the molecule is NS(=O)(=O)c1cccc(NC(=S)N=Nc2c(O)n(Cc3ccc4ccccc4c3)c3ccc(Cl)cc23)c1. The largest absolute Gasteiger partial charge is 0.493 e. The van der Waals surface area contributed by atoms with Gasteiger partial charge < -0.3 is 15.0 Å². The molecule has 0 atom stereocenters. The second-order valence-electron chi connectivity index (χ2n) is 8.30. The molecule has 0 saturated carbocycles. The van der Waals surface area contributed by atoms with E-state index in [0.717, 1.165) is 21.9 Å². The third kappa shape index (κ3) is 5.32. The first-order valence-corrected chi connectivity index (χ1v) is 13.4. The van der Waals surface area contributed by atoms with Crippen LogP contribution in [0.1, 0.15) is 5.56 Å². The molecule has 0 fully saturated rings. The van der Waals surface area contributed by atoms with Gasteiger partial charge in [0.25, 0.3) is 0 Å². The van der Waals surface area contributed by atoms with Crippen LogP contribution < -0.4 is 10.5 Å². The number of nitrogens with two attached hydrogens (primary N) is 1. The molecule has 0 unspecified atom stereocenters. The topological polar surface area (TPSA) is 122 Å². The van der Waals surface area contributed by atoms with Crippen LogP contribution in [0.4, 0.5) is 11.4 Å². The number of thiocarbonyl (C=S) groups is 1. The fraction of sp³-hybridized carbons (Fsp3) is 0.0385. The number of nitrogens with one attached hydrogen (secondary N) is 1. The van der Waals surface area contributed by atoms with Crippen molar-refractivity contribution in [3.63, 3.8) is 0 Å². The summed E-state index contributed by atoms with van der Waals surface area (Å²) in [7, 11) is -3.87. The van der Waals surface area contributed by atoms with Gasteiger partial charge in [0.1, 0.15) is 0 Å². The monoisotopic (exact) mass is 549 g/mol. The molecule has 0 aliphatic carbocycles. The summed E-state index contributed by atoms with van der Waals surface area (Å²) in [6.45, 7) is 0.396. The zero-order valence-corrected chi connectivity index (χ0v) is 21.6. The van der Waals surface area contributed by atoms with Gasteiger partial charge in [-0.2, -0.15) is 0 Å². The quantitative estimate of drug-likeness (QED) is 0.175. The van der Waals surface area contributed by atoms with Crippen molar-refractivity contribution in [2.45, 2.75) is 11.4 Å². The Kier molecular flexibility index (Phi) is 6.65. The van der Waals surface area contributed by atoms with Crippen molar-refractivity contribution in [3.05, 3.63) is 95.5 Å². The average molecular weight is 550 g/mol. The number of aromatic nitrogens is 1. The molecule has 0 aliphatic heterocycles. The molecular formula is C26H20ClN5O3S2. The molecule has 8 nitrogen and oxygen atoms in total. The van der Waals surface area contributed by atoms with E-state index >= 15 is 0 Å². The van der Waals surface area contributed by atoms with Gasteiger partial charge in [-0.25, -0.2) is 13.6 Å². The minimum absolute atomic E-state index is 0.0385. The Morgan fingerprint density at radius 3 is 2.57 bits per heavy atom. The summed E-state index contributed by atoms with van der Waals surface area (Å²) in [6, 6.07) is 25.3. The van der Waals surface area contributed by atoms with Crippen molar-refractivity contribution >= 4 is 72.0 Å². The first-order valence-electron chi connectivity index (χ1n) is 11.0. The predicted molar refractivity (Wildman–Crippen MR) is 150 cm³/mol. The van der Waals surface area contributed by atoms with Gasteiger partial charge in [-0.05, 0) is 71.0 Å². The zero-order chi connectivity index (χ0) is 26.2. The van der Waals surface area contributed by atoms with Gasteiger partial charge in [-0.3, -0.25) is 0 Å². The fourth-order valence-electron chi connectivity index (χ4n) is 4.07. The van der Waals surface area contributed by atoms with Crippen LogP contribution in [0, 0.1) is 0 Å². The second-order valence-corrected chi connectivity index (χ2v) is 10.7. The Morgan fingerprint density at radius 1 is 1.00 bits per heavy atom. The second kappa shape index (κ2) is 9.91. The molecule has 5 aromatic rings. The third-order valence-corrected chi connectivity index (χ3v) is 7.11. The summed E-state index contributed by atoms with van der Waals surface area (Å²) >= 11 is 11.5. The minimum Gasteiger partial charge on any atom is -0.493 e. The average Bonchev–Trinajstić information content (AvgIpc) is 3.12. The number of nitrogens with zero attached hydrogens (tertiary/aromatic N) is 3. The lowest BCUT2D eigenvalue weighted by Gasteiger charge is -2.08. The maximum Gasteiger partial charge on any atom is 0.238 e. The number of fused-ring (bicyclic) bond motifs is 2. The summed E-state index contributed by atoms with van der Waals surface area (Å²) in [4.78, 5) is -0.0683. The van der Waals surface area contributed by atoms with Crippen molar-refractivity contribution < 1.29 is 13.5 Å². The van der Waals surface area contributed by atoms with Crippen LogP contribution in [-0.4, -0.2) is 23.2 Å². The zero-order valence-electron chi connectivity index (χ0n) is 19.2. The van der Waals surface area contributed by atoms with E-state index in [1.54, 1.807) is 22.8 Å². The van der Waals surface area contributed by atoms with E-state index in [1.807, 2.05) is 42.5 Å². The van der Waals surface area contributed by atoms with Crippen LogP contribution >= 0.6 is 23.8 Å². The van der Waals surface area contributed by atoms with Gasteiger partial charge in [-0.15, -0.1) is 10.2 Å². The van der Waals surface area contributed by atoms with Crippen molar-refractivity contribution in [2.75, 3.05) is 5.32 Å². The minimum atomic E-state index is -3.87. The molecule has 4 N–H and O–H groups in total. The van der Waals surface area contributed by atoms with E-state index < -0.39 is 10.0 Å². The van der Waals surface area contributed by atoms with Crippen molar-refractivity contribution in [1.82, 2.24) is 4.57 Å². The molecule has 11 heteroatoms. The summed E-state index contributed by atoms with van der Waals surface area (Å²) in [5.74, 6) is -0.0896. The van der Waals surface area contributed by atoms with Crippen LogP contribution in [0.5, 0.6) is 5.88 Å². The molecule has 5 rings (SSSR count). The van der Waals surface area contributed by atoms with E-state index in [-0.39, 0.29) is 21.6 Å².